The molecule has 154 valence electrons. The summed E-state index contributed by atoms with van der Waals surface area (Å²) in [4.78, 5) is 12.2. The van der Waals surface area contributed by atoms with Gasteiger partial charge in [0.05, 0.1) is 4.90 Å². The second-order valence-corrected chi connectivity index (χ2v) is 9.57. The first kappa shape index (κ1) is 22.4. The maximum absolute atomic E-state index is 12.5. The Hall–Kier alpha value is -2.32. The lowest BCUT2D eigenvalue weighted by molar-refractivity contribution is -0.111. The van der Waals surface area contributed by atoms with Crippen LogP contribution < -0.4 is 10.0 Å². The molecule has 0 radical (unpaired) electrons. The number of carbonyl (C=O) groups excluding carboxylic acids is 1. The number of hydrogen-bond acceptors (Lipinski definition) is 3. The van der Waals surface area contributed by atoms with E-state index in [0.717, 1.165) is 4.47 Å². The Balaban J connectivity index is 1.65. The molecule has 0 atom stereocenters. The minimum absolute atomic E-state index is 0.0758. The minimum atomic E-state index is -3.74. The highest BCUT2D eigenvalue weighted by Gasteiger charge is 2.14. The lowest BCUT2D eigenvalue weighted by atomic mass is 10.2. The van der Waals surface area contributed by atoms with Crippen LogP contribution in [0.5, 0.6) is 0 Å². The second kappa shape index (κ2) is 9.66. The molecule has 0 saturated carbocycles. The van der Waals surface area contributed by atoms with Crippen molar-refractivity contribution < 1.29 is 13.2 Å². The first-order chi connectivity index (χ1) is 14.2. The van der Waals surface area contributed by atoms with Crippen LogP contribution in [-0.2, 0) is 14.8 Å². The third-order valence-corrected chi connectivity index (χ3v) is 6.39. The number of carbonyl (C=O) groups is 1. The van der Waals surface area contributed by atoms with Gasteiger partial charge in [-0.15, -0.1) is 0 Å². The number of nitrogens with one attached hydrogen (secondary N) is 2. The van der Waals surface area contributed by atoms with Crippen molar-refractivity contribution in [2.75, 3.05) is 10.0 Å². The molecule has 0 fully saturated rings. The quantitative estimate of drug-likeness (QED) is 0.376. The molecule has 3 rings (SSSR count). The molecule has 0 spiro atoms. The topological polar surface area (TPSA) is 75.3 Å². The van der Waals surface area contributed by atoms with Crippen LogP contribution in [0.25, 0.3) is 6.08 Å². The molecule has 0 aromatic heterocycles. The highest BCUT2D eigenvalue weighted by Crippen LogP contribution is 2.22. The summed E-state index contributed by atoms with van der Waals surface area (Å²) in [6.45, 7) is 0. The van der Waals surface area contributed by atoms with E-state index in [9.17, 15) is 13.2 Å². The third-order valence-electron chi connectivity index (χ3n) is 3.91. The van der Waals surface area contributed by atoms with Crippen LogP contribution >= 0.6 is 39.1 Å². The average Bonchev–Trinajstić information content (AvgIpc) is 2.69. The molecule has 3 aromatic carbocycles. The molecular weight excluding hydrogens is 511 g/mol. The van der Waals surface area contributed by atoms with Gasteiger partial charge in [-0.2, -0.15) is 0 Å². The Morgan fingerprint density at radius 2 is 1.53 bits per heavy atom. The summed E-state index contributed by atoms with van der Waals surface area (Å²) in [7, 11) is -3.74. The smallest absolute Gasteiger partial charge is 0.261 e. The van der Waals surface area contributed by atoms with Gasteiger partial charge in [0, 0.05) is 32.0 Å². The van der Waals surface area contributed by atoms with Gasteiger partial charge in [-0.05, 0) is 72.3 Å². The van der Waals surface area contributed by atoms with E-state index in [1.54, 1.807) is 48.5 Å². The number of halogens is 3. The zero-order valence-corrected chi connectivity index (χ0v) is 19.2. The van der Waals surface area contributed by atoms with Gasteiger partial charge < -0.3 is 5.32 Å². The summed E-state index contributed by atoms with van der Waals surface area (Å²) in [5.74, 6) is -0.385. The van der Waals surface area contributed by atoms with Crippen molar-refractivity contribution in [3.63, 3.8) is 0 Å². The molecule has 0 bridgehead atoms. The van der Waals surface area contributed by atoms with E-state index < -0.39 is 10.0 Å². The van der Waals surface area contributed by atoms with Gasteiger partial charge in [0.25, 0.3) is 10.0 Å². The van der Waals surface area contributed by atoms with Crippen molar-refractivity contribution in [2.45, 2.75) is 4.90 Å². The first-order valence-corrected chi connectivity index (χ1v) is 11.6. The highest BCUT2D eigenvalue weighted by molar-refractivity contribution is 9.10. The summed E-state index contributed by atoms with van der Waals surface area (Å²) in [6, 6.07) is 17.6. The Morgan fingerprint density at radius 1 is 0.900 bits per heavy atom. The van der Waals surface area contributed by atoms with Gasteiger partial charge in [-0.25, -0.2) is 8.42 Å². The van der Waals surface area contributed by atoms with Gasteiger partial charge in [-0.3, -0.25) is 9.52 Å². The van der Waals surface area contributed by atoms with Crippen LogP contribution in [0, 0.1) is 0 Å². The maximum atomic E-state index is 12.5. The molecule has 1 amide bonds. The largest absolute Gasteiger partial charge is 0.323 e. The number of hydrogen-bond donors (Lipinski definition) is 2. The summed E-state index contributed by atoms with van der Waals surface area (Å²) in [5, 5.41) is 3.60. The van der Waals surface area contributed by atoms with E-state index in [4.69, 9.17) is 23.2 Å². The Bertz CT molecular complexity index is 1200. The van der Waals surface area contributed by atoms with Gasteiger partial charge in [-0.1, -0.05) is 45.2 Å². The molecule has 0 aliphatic rings. The standard InChI is InChI=1S/C21H15BrCl2N2O3S/c22-15-3-6-18(7-4-15)26-30(28,29)19-10-8-17(9-11-19)25-21(27)12-2-14-1-5-16(23)13-20(14)24/h1-13,26H,(H,25,27)/b12-2+. The Labute approximate surface area is 192 Å². The van der Waals surface area contributed by atoms with Crippen LogP contribution in [0.1, 0.15) is 5.56 Å². The van der Waals surface area contributed by atoms with E-state index in [1.165, 1.54) is 30.3 Å². The molecule has 3 aromatic rings. The molecule has 0 saturated heterocycles. The number of amides is 1. The highest BCUT2D eigenvalue weighted by atomic mass is 79.9. The second-order valence-electron chi connectivity index (χ2n) is 6.13. The fourth-order valence-electron chi connectivity index (χ4n) is 2.44. The van der Waals surface area contributed by atoms with Crippen LogP contribution in [0.15, 0.2) is 82.2 Å². The normalized spacial score (nSPS) is 11.4. The minimum Gasteiger partial charge on any atom is -0.323 e. The number of sulfonamides is 1. The van der Waals surface area contributed by atoms with E-state index >= 15 is 0 Å². The third kappa shape index (κ3) is 6.09. The van der Waals surface area contributed by atoms with Crippen molar-refractivity contribution in [3.8, 4) is 0 Å². The molecule has 30 heavy (non-hydrogen) atoms. The van der Waals surface area contributed by atoms with Crippen molar-refractivity contribution in [2.24, 2.45) is 0 Å². The number of rotatable bonds is 6. The molecule has 9 heteroatoms. The van der Waals surface area contributed by atoms with Crippen LogP contribution in [-0.4, -0.2) is 14.3 Å². The molecule has 0 aliphatic heterocycles. The lowest BCUT2D eigenvalue weighted by Gasteiger charge is -2.09. The number of anilines is 2. The molecular formula is C21H15BrCl2N2O3S. The van der Waals surface area contributed by atoms with Crippen LogP contribution in [0.2, 0.25) is 10.0 Å². The van der Waals surface area contributed by atoms with Gasteiger partial charge in [0.15, 0.2) is 0 Å². The van der Waals surface area contributed by atoms with E-state index in [0.29, 0.717) is 27.0 Å². The predicted molar refractivity (Wildman–Crippen MR) is 126 cm³/mol. The van der Waals surface area contributed by atoms with Gasteiger partial charge in [0.1, 0.15) is 0 Å². The van der Waals surface area contributed by atoms with Crippen LogP contribution in [0.4, 0.5) is 11.4 Å². The zero-order valence-electron chi connectivity index (χ0n) is 15.3. The fourth-order valence-corrected chi connectivity index (χ4v) is 4.23. The summed E-state index contributed by atoms with van der Waals surface area (Å²) in [6.07, 6.45) is 2.89. The molecule has 0 heterocycles. The monoisotopic (exact) mass is 524 g/mol. The number of benzene rings is 3. The Morgan fingerprint density at radius 3 is 2.17 bits per heavy atom. The van der Waals surface area contributed by atoms with Crippen molar-refractivity contribution >= 4 is 72.5 Å². The molecule has 0 unspecified atom stereocenters. The van der Waals surface area contributed by atoms with Crippen LogP contribution in [0.3, 0.4) is 0 Å². The molecule has 5 nitrogen and oxygen atoms in total. The summed E-state index contributed by atoms with van der Waals surface area (Å²) in [5.41, 5.74) is 1.55. The van der Waals surface area contributed by atoms with Crippen molar-refractivity contribution in [1.82, 2.24) is 0 Å². The van der Waals surface area contributed by atoms with Gasteiger partial charge >= 0.3 is 0 Å². The molecule has 2 N–H and O–H groups in total. The van der Waals surface area contributed by atoms with E-state index in [2.05, 4.69) is 26.0 Å². The summed E-state index contributed by atoms with van der Waals surface area (Å²) >= 11 is 15.2. The van der Waals surface area contributed by atoms with Crippen molar-refractivity contribution in [1.29, 1.82) is 0 Å². The van der Waals surface area contributed by atoms with E-state index in [-0.39, 0.29) is 10.8 Å². The van der Waals surface area contributed by atoms with E-state index in [1.807, 2.05) is 0 Å². The lowest BCUT2D eigenvalue weighted by Crippen LogP contribution is -2.13. The summed E-state index contributed by atoms with van der Waals surface area (Å²) < 4.78 is 28.3. The SMILES string of the molecule is O=C(/C=C/c1ccc(Cl)cc1Cl)Nc1ccc(S(=O)(=O)Nc2ccc(Br)cc2)cc1. The zero-order chi connectivity index (χ0) is 21.7. The predicted octanol–water partition coefficient (Wildman–Crippen LogP) is 6.21. The Kier molecular flexibility index (Phi) is 7.20. The molecule has 0 aliphatic carbocycles. The van der Waals surface area contributed by atoms with Crippen molar-refractivity contribution in [3.05, 3.63) is 92.9 Å². The first-order valence-electron chi connectivity index (χ1n) is 8.55. The van der Waals surface area contributed by atoms with Gasteiger partial charge in [0.2, 0.25) is 5.91 Å². The fraction of sp³-hybridized carbons (Fsp3) is 0. The average molecular weight is 526 g/mol. The maximum Gasteiger partial charge on any atom is 0.261 e.